The zero-order valence-corrected chi connectivity index (χ0v) is 28.6. The second-order valence-electron chi connectivity index (χ2n) is 14.3. The van der Waals surface area contributed by atoms with Crippen molar-refractivity contribution in [3.05, 3.63) is 95.8 Å². The number of nitrogens with one attached hydrogen (secondary N) is 1. The summed E-state index contributed by atoms with van der Waals surface area (Å²) in [6, 6.07) is 27.3. The Morgan fingerprint density at radius 3 is 2.30 bits per heavy atom. The zero-order valence-electron chi connectivity index (χ0n) is 27.8. The van der Waals surface area contributed by atoms with Crippen molar-refractivity contribution >= 4 is 27.0 Å². The number of carbonyl (C=O) groups excluding carboxylic acids is 1. The number of aromatic nitrogens is 2. The summed E-state index contributed by atoms with van der Waals surface area (Å²) in [6.45, 7) is 8.09. The topological polar surface area (TPSA) is 87.5 Å². The molecule has 3 aromatic carbocycles. The highest BCUT2D eigenvalue weighted by molar-refractivity contribution is 7.89. The van der Waals surface area contributed by atoms with E-state index in [2.05, 4.69) is 75.7 Å². The third-order valence-corrected chi connectivity index (χ3v) is 12.7. The lowest BCUT2D eigenvalue weighted by Gasteiger charge is -2.45. The minimum Gasteiger partial charge on any atom is -0.339 e. The standard InChI is InChI=1S/C38H47N5O3S/c1-27(2)40-47(45,46)34-13-9-10-29(24-34)37(44)41-21-18-38(19-22-41,30-11-5-4-6-12-30)20-23-42-31-16-17-32(42)26-33(25-31)43-28(3)39-35-14-7-8-15-36(35)43/h4-15,24,27,31-33,40H,16-23,25-26H2,1-3H3/t31-,32+,33?. The van der Waals surface area contributed by atoms with Crippen LogP contribution in [0.5, 0.6) is 0 Å². The molecule has 0 radical (unpaired) electrons. The average molecular weight is 654 g/mol. The maximum Gasteiger partial charge on any atom is 0.253 e. The highest BCUT2D eigenvalue weighted by Crippen LogP contribution is 2.45. The van der Waals surface area contributed by atoms with Gasteiger partial charge in [-0.1, -0.05) is 48.5 Å². The van der Waals surface area contributed by atoms with Crippen LogP contribution in [0.2, 0.25) is 0 Å². The highest BCUT2D eigenvalue weighted by Gasteiger charge is 2.44. The van der Waals surface area contributed by atoms with Gasteiger partial charge in [-0.25, -0.2) is 18.1 Å². The van der Waals surface area contributed by atoms with Crippen molar-refractivity contribution in [2.24, 2.45) is 0 Å². The number of carbonyl (C=O) groups is 1. The number of aryl methyl sites for hydroxylation is 1. The molecule has 47 heavy (non-hydrogen) atoms. The minimum atomic E-state index is -3.68. The molecule has 3 atom stereocenters. The van der Waals surface area contributed by atoms with Gasteiger partial charge in [0.05, 0.1) is 15.9 Å². The molecule has 1 unspecified atom stereocenters. The summed E-state index contributed by atoms with van der Waals surface area (Å²) in [5.41, 5.74) is 4.13. The van der Waals surface area contributed by atoms with Crippen molar-refractivity contribution in [3.8, 4) is 0 Å². The Hall–Kier alpha value is -3.53. The third kappa shape index (κ3) is 6.25. The Labute approximate surface area is 279 Å². The van der Waals surface area contributed by atoms with Gasteiger partial charge in [0.25, 0.3) is 5.91 Å². The van der Waals surface area contributed by atoms with Crippen LogP contribution in [0.25, 0.3) is 11.0 Å². The van der Waals surface area contributed by atoms with Crippen molar-refractivity contribution in [1.29, 1.82) is 0 Å². The second kappa shape index (κ2) is 12.8. The van der Waals surface area contributed by atoms with E-state index in [9.17, 15) is 13.2 Å². The van der Waals surface area contributed by atoms with Crippen molar-refractivity contribution < 1.29 is 13.2 Å². The lowest BCUT2D eigenvalue weighted by Crippen LogP contribution is -2.49. The predicted molar refractivity (Wildman–Crippen MR) is 186 cm³/mol. The van der Waals surface area contributed by atoms with Crippen molar-refractivity contribution in [2.75, 3.05) is 19.6 Å². The molecule has 4 aromatic rings. The van der Waals surface area contributed by atoms with E-state index in [-0.39, 0.29) is 22.3 Å². The first-order chi connectivity index (χ1) is 22.6. The molecule has 4 heterocycles. The SMILES string of the molecule is Cc1nc2ccccc2n1C1C[C@H]2CC[C@@H](C1)N2CCC1(c2ccccc2)CCN(C(=O)c2cccc(S(=O)(=O)NC(C)C)c2)CC1. The summed E-state index contributed by atoms with van der Waals surface area (Å²) in [5, 5.41) is 0. The van der Waals surface area contributed by atoms with Gasteiger partial charge < -0.3 is 9.47 Å². The molecule has 3 fully saturated rings. The molecule has 1 aromatic heterocycles. The van der Waals surface area contributed by atoms with E-state index in [4.69, 9.17) is 4.98 Å². The van der Waals surface area contributed by atoms with Gasteiger partial charge >= 0.3 is 0 Å². The van der Waals surface area contributed by atoms with Gasteiger partial charge in [0.15, 0.2) is 0 Å². The summed E-state index contributed by atoms with van der Waals surface area (Å²) in [7, 11) is -3.68. The number of rotatable bonds is 9. The number of fused-ring (bicyclic) bond motifs is 3. The number of nitrogens with zero attached hydrogens (tertiary/aromatic N) is 4. The number of likely N-dealkylation sites (tertiary alicyclic amines) is 1. The number of sulfonamides is 1. The Balaban J connectivity index is 1.05. The Bertz CT molecular complexity index is 1830. The average Bonchev–Trinajstić information content (AvgIpc) is 3.53. The number of imidazole rings is 1. The molecule has 9 heteroatoms. The van der Waals surface area contributed by atoms with Gasteiger partial charge in [-0.15, -0.1) is 0 Å². The van der Waals surface area contributed by atoms with Gasteiger partial charge in [0.1, 0.15) is 5.82 Å². The zero-order chi connectivity index (χ0) is 32.8. The Morgan fingerprint density at radius 1 is 0.915 bits per heavy atom. The molecule has 0 spiro atoms. The van der Waals surface area contributed by atoms with Gasteiger partial charge in [0, 0.05) is 42.8 Å². The van der Waals surface area contributed by atoms with Crippen LogP contribution < -0.4 is 4.72 Å². The number of para-hydroxylation sites is 2. The molecule has 0 saturated carbocycles. The van der Waals surface area contributed by atoms with E-state index in [1.165, 1.54) is 42.8 Å². The monoisotopic (exact) mass is 653 g/mol. The van der Waals surface area contributed by atoms with Crippen LogP contribution in [-0.2, 0) is 15.4 Å². The van der Waals surface area contributed by atoms with Gasteiger partial charge in [-0.3, -0.25) is 9.69 Å². The third-order valence-electron chi connectivity index (χ3n) is 11.0. The normalized spacial score (nSPS) is 23.1. The van der Waals surface area contributed by atoms with E-state index in [0.29, 0.717) is 36.8 Å². The van der Waals surface area contributed by atoms with Crippen LogP contribution in [0.3, 0.4) is 0 Å². The molecular formula is C38H47N5O3S. The van der Waals surface area contributed by atoms with Gasteiger partial charge in [0.2, 0.25) is 10.0 Å². The van der Waals surface area contributed by atoms with Crippen LogP contribution in [-0.4, -0.2) is 71.4 Å². The first-order valence-corrected chi connectivity index (χ1v) is 18.8. The lowest BCUT2D eigenvalue weighted by atomic mass is 9.70. The van der Waals surface area contributed by atoms with E-state index < -0.39 is 10.0 Å². The smallest absolute Gasteiger partial charge is 0.253 e. The predicted octanol–water partition coefficient (Wildman–Crippen LogP) is 6.46. The van der Waals surface area contributed by atoms with Crippen LogP contribution in [0, 0.1) is 6.92 Å². The fourth-order valence-electron chi connectivity index (χ4n) is 8.76. The van der Waals surface area contributed by atoms with Crippen LogP contribution >= 0.6 is 0 Å². The molecule has 1 N–H and O–H groups in total. The number of piperidine rings is 2. The second-order valence-corrected chi connectivity index (χ2v) is 16.0. The summed E-state index contributed by atoms with van der Waals surface area (Å²) < 4.78 is 30.7. The van der Waals surface area contributed by atoms with Gasteiger partial charge in [-0.05, 0) is 114 Å². The summed E-state index contributed by atoms with van der Waals surface area (Å²) in [4.78, 5) is 23.4. The van der Waals surface area contributed by atoms with Crippen LogP contribution in [0.15, 0.2) is 83.8 Å². The maximum absolute atomic E-state index is 13.7. The molecule has 0 aliphatic carbocycles. The van der Waals surface area contributed by atoms with Gasteiger partial charge in [-0.2, -0.15) is 0 Å². The molecule has 2 bridgehead atoms. The minimum absolute atomic E-state index is 0.00214. The quantitative estimate of drug-likeness (QED) is 0.224. The lowest BCUT2D eigenvalue weighted by molar-refractivity contribution is 0.0606. The summed E-state index contributed by atoms with van der Waals surface area (Å²) in [5.74, 6) is 1.02. The Kier molecular flexibility index (Phi) is 8.74. The summed E-state index contributed by atoms with van der Waals surface area (Å²) >= 11 is 0. The molecule has 1 amide bonds. The van der Waals surface area contributed by atoms with Crippen molar-refractivity contribution in [3.63, 3.8) is 0 Å². The van der Waals surface area contributed by atoms with E-state index in [1.54, 1.807) is 32.0 Å². The number of amides is 1. The first-order valence-electron chi connectivity index (χ1n) is 17.3. The largest absolute Gasteiger partial charge is 0.339 e. The number of hydrogen-bond acceptors (Lipinski definition) is 5. The number of benzene rings is 3. The van der Waals surface area contributed by atoms with E-state index >= 15 is 0 Å². The molecule has 3 saturated heterocycles. The fraction of sp³-hybridized carbons (Fsp3) is 0.474. The van der Waals surface area contributed by atoms with E-state index in [1.807, 2.05) is 4.90 Å². The van der Waals surface area contributed by atoms with Crippen molar-refractivity contribution in [2.45, 2.75) is 100 Å². The molecule has 3 aliphatic heterocycles. The van der Waals surface area contributed by atoms with E-state index in [0.717, 1.165) is 37.1 Å². The first kappa shape index (κ1) is 32.0. The fourth-order valence-corrected chi connectivity index (χ4v) is 10.1. The molecule has 248 valence electrons. The maximum atomic E-state index is 13.7. The van der Waals surface area contributed by atoms with Crippen LogP contribution in [0.4, 0.5) is 0 Å². The van der Waals surface area contributed by atoms with Crippen molar-refractivity contribution in [1.82, 2.24) is 24.1 Å². The van der Waals surface area contributed by atoms with Crippen LogP contribution in [0.1, 0.15) is 86.6 Å². The highest BCUT2D eigenvalue weighted by atomic mass is 32.2. The number of hydrogen-bond donors (Lipinski definition) is 1. The molecule has 3 aliphatic rings. The molecule has 7 rings (SSSR count). The molecule has 8 nitrogen and oxygen atoms in total. The molecular weight excluding hydrogens is 607 g/mol. The summed E-state index contributed by atoms with van der Waals surface area (Å²) in [6.07, 6.45) is 7.70. The Morgan fingerprint density at radius 2 is 1.60 bits per heavy atom.